The van der Waals surface area contributed by atoms with E-state index in [0.717, 1.165) is 16.8 Å². The maximum atomic E-state index is 12.8. The lowest BCUT2D eigenvalue weighted by Gasteiger charge is -2.24. The first-order chi connectivity index (χ1) is 10.4. The first-order valence-corrected chi connectivity index (χ1v) is 7.05. The molecule has 0 amide bonds. The minimum absolute atomic E-state index is 0.0443. The van der Waals surface area contributed by atoms with Crippen molar-refractivity contribution < 1.29 is 13.2 Å². The topological polar surface area (TPSA) is 69.6 Å². The van der Waals surface area contributed by atoms with Crippen LogP contribution in [0.4, 0.5) is 13.2 Å². The van der Waals surface area contributed by atoms with Gasteiger partial charge in [-0.3, -0.25) is 4.98 Å². The SMILES string of the molecule is Cc1cc(CN)ncc1-c1nc2n(n1)CCC(C(F)(F)F)C2. The monoisotopic (exact) mass is 311 g/mol. The second kappa shape index (κ2) is 5.35. The van der Waals surface area contributed by atoms with Crippen LogP contribution in [-0.4, -0.2) is 25.9 Å². The Balaban J connectivity index is 1.91. The average Bonchev–Trinajstić information content (AvgIpc) is 2.88. The highest BCUT2D eigenvalue weighted by Crippen LogP contribution is 2.35. The third-order valence-corrected chi connectivity index (χ3v) is 3.95. The fourth-order valence-corrected chi connectivity index (χ4v) is 2.66. The number of nitrogens with two attached hydrogens (primary N) is 1. The van der Waals surface area contributed by atoms with E-state index in [1.54, 1.807) is 10.9 Å². The van der Waals surface area contributed by atoms with Gasteiger partial charge in [0.1, 0.15) is 5.82 Å². The van der Waals surface area contributed by atoms with E-state index in [-0.39, 0.29) is 19.4 Å². The Morgan fingerprint density at radius 2 is 2.18 bits per heavy atom. The van der Waals surface area contributed by atoms with Gasteiger partial charge in [0.05, 0.1) is 11.6 Å². The molecule has 1 unspecified atom stereocenters. The molecule has 118 valence electrons. The molecule has 0 bridgehead atoms. The Labute approximate surface area is 125 Å². The molecule has 2 aromatic rings. The highest BCUT2D eigenvalue weighted by atomic mass is 19.4. The predicted molar refractivity (Wildman–Crippen MR) is 73.7 cm³/mol. The highest BCUT2D eigenvalue weighted by molar-refractivity contribution is 5.58. The molecule has 0 spiro atoms. The number of hydrogen-bond donors (Lipinski definition) is 1. The van der Waals surface area contributed by atoms with Crippen LogP contribution in [0.15, 0.2) is 12.3 Å². The lowest BCUT2D eigenvalue weighted by molar-refractivity contribution is -0.179. The van der Waals surface area contributed by atoms with E-state index in [2.05, 4.69) is 15.1 Å². The molecule has 0 saturated carbocycles. The Bertz CT molecular complexity index is 692. The molecule has 0 fully saturated rings. The van der Waals surface area contributed by atoms with Gasteiger partial charge >= 0.3 is 6.18 Å². The van der Waals surface area contributed by atoms with E-state index in [1.807, 2.05) is 13.0 Å². The van der Waals surface area contributed by atoms with Crippen molar-refractivity contribution in [2.75, 3.05) is 0 Å². The molecule has 3 rings (SSSR count). The molecule has 0 radical (unpaired) electrons. The van der Waals surface area contributed by atoms with Crippen molar-refractivity contribution >= 4 is 0 Å². The number of pyridine rings is 1. The molecule has 0 saturated heterocycles. The lowest BCUT2D eigenvalue weighted by Crippen LogP contribution is -2.31. The Kier molecular flexibility index (Phi) is 3.64. The first-order valence-electron chi connectivity index (χ1n) is 7.05. The second-order valence-corrected chi connectivity index (χ2v) is 5.50. The summed E-state index contributed by atoms with van der Waals surface area (Å²) in [5.41, 5.74) is 7.92. The standard InChI is InChI=1S/C14H16F3N5/c1-8-4-10(6-18)19-7-11(8)13-20-12-5-9(14(15,16)17)2-3-22(12)21-13/h4,7,9H,2-3,5-6,18H2,1H3. The van der Waals surface area contributed by atoms with Crippen molar-refractivity contribution in [1.82, 2.24) is 19.7 Å². The van der Waals surface area contributed by atoms with E-state index in [1.165, 1.54) is 0 Å². The molecule has 3 heterocycles. The van der Waals surface area contributed by atoms with Crippen molar-refractivity contribution in [1.29, 1.82) is 0 Å². The van der Waals surface area contributed by atoms with Gasteiger partial charge in [-0.25, -0.2) is 9.67 Å². The van der Waals surface area contributed by atoms with Crippen LogP contribution in [0.5, 0.6) is 0 Å². The van der Waals surface area contributed by atoms with Gasteiger partial charge in [-0.05, 0) is 25.0 Å². The van der Waals surface area contributed by atoms with E-state index in [0.29, 0.717) is 18.2 Å². The van der Waals surface area contributed by atoms with Gasteiger partial charge in [-0.1, -0.05) is 0 Å². The van der Waals surface area contributed by atoms with Crippen LogP contribution in [0.1, 0.15) is 23.5 Å². The van der Waals surface area contributed by atoms with Crippen LogP contribution >= 0.6 is 0 Å². The third kappa shape index (κ3) is 2.70. The van der Waals surface area contributed by atoms with Crippen molar-refractivity contribution in [2.45, 2.75) is 39.0 Å². The molecule has 0 aliphatic carbocycles. The van der Waals surface area contributed by atoms with Gasteiger partial charge in [0.25, 0.3) is 0 Å². The number of aryl methyl sites for hydroxylation is 2. The average molecular weight is 311 g/mol. The molecule has 2 N–H and O–H groups in total. The number of aromatic nitrogens is 4. The maximum Gasteiger partial charge on any atom is 0.392 e. The minimum Gasteiger partial charge on any atom is -0.325 e. The number of rotatable bonds is 2. The summed E-state index contributed by atoms with van der Waals surface area (Å²) in [5.74, 6) is -0.534. The van der Waals surface area contributed by atoms with Gasteiger partial charge in [-0.15, -0.1) is 0 Å². The molecule has 1 aliphatic rings. The number of fused-ring (bicyclic) bond motifs is 1. The van der Waals surface area contributed by atoms with Crippen LogP contribution in [0.2, 0.25) is 0 Å². The molecule has 0 aromatic carbocycles. The van der Waals surface area contributed by atoms with Gasteiger partial charge in [-0.2, -0.15) is 18.3 Å². The van der Waals surface area contributed by atoms with Crippen molar-refractivity contribution in [2.24, 2.45) is 11.7 Å². The van der Waals surface area contributed by atoms with Crippen LogP contribution in [-0.2, 0) is 19.5 Å². The van der Waals surface area contributed by atoms with E-state index < -0.39 is 12.1 Å². The third-order valence-electron chi connectivity index (χ3n) is 3.95. The highest BCUT2D eigenvalue weighted by Gasteiger charge is 2.42. The smallest absolute Gasteiger partial charge is 0.325 e. The summed E-state index contributed by atoms with van der Waals surface area (Å²) in [6.07, 6.45) is -2.63. The van der Waals surface area contributed by atoms with Gasteiger partial charge < -0.3 is 5.73 Å². The molecule has 1 aliphatic heterocycles. The van der Waals surface area contributed by atoms with Gasteiger partial charge in [0, 0.05) is 31.3 Å². The van der Waals surface area contributed by atoms with Crippen molar-refractivity contribution in [3.05, 3.63) is 29.3 Å². The fraction of sp³-hybridized carbons (Fsp3) is 0.500. The molecule has 22 heavy (non-hydrogen) atoms. The first kappa shape index (κ1) is 15.0. The summed E-state index contributed by atoms with van der Waals surface area (Å²) in [7, 11) is 0. The lowest BCUT2D eigenvalue weighted by atomic mass is 9.98. The zero-order valence-corrected chi connectivity index (χ0v) is 12.1. The van der Waals surface area contributed by atoms with Crippen LogP contribution < -0.4 is 5.73 Å². The van der Waals surface area contributed by atoms with Crippen LogP contribution in [0, 0.1) is 12.8 Å². The Morgan fingerprint density at radius 1 is 1.41 bits per heavy atom. The molecular weight excluding hydrogens is 295 g/mol. The summed E-state index contributed by atoms with van der Waals surface area (Å²) < 4.78 is 40.1. The number of alkyl halides is 3. The van der Waals surface area contributed by atoms with E-state index >= 15 is 0 Å². The molecular formula is C14H16F3N5. The summed E-state index contributed by atoms with van der Waals surface area (Å²) in [6.45, 7) is 2.45. The summed E-state index contributed by atoms with van der Waals surface area (Å²) >= 11 is 0. The largest absolute Gasteiger partial charge is 0.392 e. The quantitative estimate of drug-likeness (QED) is 0.923. The normalized spacial score (nSPS) is 18.3. The van der Waals surface area contributed by atoms with E-state index in [4.69, 9.17) is 5.73 Å². The number of hydrogen-bond acceptors (Lipinski definition) is 4. The minimum atomic E-state index is -4.18. The maximum absolute atomic E-state index is 12.8. The van der Waals surface area contributed by atoms with Crippen LogP contribution in [0.25, 0.3) is 11.4 Å². The second-order valence-electron chi connectivity index (χ2n) is 5.50. The molecule has 1 atom stereocenters. The zero-order valence-electron chi connectivity index (χ0n) is 12.1. The zero-order chi connectivity index (χ0) is 15.9. The Morgan fingerprint density at radius 3 is 2.82 bits per heavy atom. The summed E-state index contributed by atoms with van der Waals surface area (Å²) in [6, 6.07) is 1.84. The number of halogens is 3. The van der Waals surface area contributed by atoms with Gasteiger partial charge in [0.2, 0.25) is 0 Å². The van der Waals surface area contributed by atoms with Crippen molar-refractivity contribution in [3.63, 3.8) is 0 Å². The molecule has 8 heteroatoms. The molecule has 5 nitrogen and oxygen atoms in total. The van der Waals surface area contributed by atoms with Crippen molar-refractivity contribution in [3.8, 4) is 11.4 Å². The van der Waals surface area contributed by atoms with Gasteiger partial charge in [0.15, 0.2) is 5.82 Å². The van der Waals surface area contributed by atoms with E-state index in [9.17, 15) is 13.2 Å². The molecule has 2 aromatic heterocycles. The fourth-order valence-electron chi connectivity index (χ4n) is 2.66. The Hall–Kier alpha value is -1.96. The number of nitrogens with zero attached hydrogens (tertiary/aromatic N) is 4. The summed E-state index contributed by atoms with van der Waals surface area (Å²) in [5, 5.41) is 4.32. The predicted octanol–water partition coefficient (Wildman–Crippen LogP) is 2.23. The summed E-state index contributed by atoms with van der Waals surface area (Å²) in [4.78, 5) is 8.48. The van der Waals surface area contributed by atoms with Crippen LogP contribution in [0.3, 0.4) is 0 Å².